The number of anilines is 1. The highest BCUT2D eigenvalue weighted by Gasteiger charge is 2.29. The average Bonchev–Trinajstić information content (AvgIpc) is 2.75. The Morgan fingerprint density at radius 2 is 2.00 bits per heavy atom. The van der Waals surface area contributed by atoms with Crippen molar-refractivity contribution in [1.82, 2.24) is 9.97 Å². The molecule has 1 aliphatic heterocycles. The molecule has 5 nitrogen and oxygen atoms in total. The quantitative estimate of drug-likeness (QED) is 0.750. The summed E-state index contributed by atoms with van der Waals surface area (Å²) in [5.74, 6) is 1.29. The Morgan fingerprint density at radius 1 is 1.19 bits per heavy atom. The largest absolute Gasteiger partial charge is 0.496 e. The fourth-order valence-corrected chi connectivity index (χ4v) is 4.15. The molecule has 1 N–H and O–H groups in total. The van der Waals surface area contributed by atoms with Gasteiger partial charge in [0.1, 0.15) is 5.75 Å². The third-order valence-electron chi connectivity index (χ3n) is 5.68. The molecule has 4 rings (SSSR count). The van der Waals surface area contributed by atoms with Crippen LogP contribution in [0.1, 0.15) is 24.3 Å². The average molecular weight is 363 g/mol. The van der Waals surface area contributed by atoms with Crippen LogP contribution in [0.3, 0.4) is 0 Å². The van der Waals surface area contributed by atoms with E-state index in [2.05, 4.69) is 27.0 Å². The van der Waals surface area contributed by atoms with E-state index < -0.39 is 0 Å². The van der Waals surface area contributed by atoms with Gasteiger partial charge in [-0.2, -0.15) is 0 Å². The van der Waals surface area contributed by atoms with Crippen molar-refractivity contribution in [2.45, 2.75) is 18.8 Å². The van der Waals surface area contributed by atoms with Crippen LogP contribution >= 0.6 is 0 Å². The van der Waals surface area contributed by atoms with Gasteiger partial charge in [0.15, 0.2) is 0 Å². The van der Waals surface area contributed by atoms with Crippen molar-refractivity contribution >= 4 is 16.6 Å². The van der Waals surface area contributed by atoms with Gasteiger partial charge in [-0.05, 0) is 37.0 Å². The smallest absolute Gasteiger partial charge is 0.125 e. The maximum absolute atomic E-state index is 10.0. The number of fused-ring (bicyclic) bond motifs is 1. The highest BCUT2D eigenvalue weighted by atomic mass is 16.5. The Balaban J connectivity index is 1.48. The Kier molecular flexibility index (Phi) is 5.21. The van der Waals surface area contributed by atoms with Crippen LogP contribution in [0.25, 0.3) is 10.9 Å². The lowest BCUT2D eigenvalue weighted by Gasteiger charge is -2.37. The molecule has 1 saturated heterocycles. The van der Waals surface area contributed by atoms with Crippen LogP contribution < -0.4 is 9.64 Å². The van der Waals surface area contributed by atoms with E-state index >= 15 is 0 Å². The molecule has 0 radical (unpaired) electrons. The van der Waals surface area contributed by atoms with Crippen LogP contribution in [0.15, 0.2) is 55.0 Å². The summed E-state index contributed by atoms with van der Waals surface area (Å²) in [6.07, 6.45) is 7.58. The number of aromatic nitrogens is 2. The summed E-state index contributed by atoms with van der Waals surface area (Å²) in [7, 11) is 1.67. The highest BCUT2D eigenvalue weighted by Crippen LogP contribution is 2.37. The standard InChI is InChI=1S/C22H25N3O2/c1-27-22-6-9-23-14-19(22)20(15-26)16-7-10-25(11-8-16)18-12-17-4-2-3-5-21(17)24-13-18/h2-6,9,12-14,16,20,26H,7-8,10-11,15H2,1H3. The molecule has 1 atom stereocenters. The number of ether oxygens (including phenoxy) is 1. The number of aliphatic hydroxyl groups is 1. The number of para-hydroxylation sites is 1. The number of aliphatic hydroxyl groups excluding tert-OH is 1. The summed E-state index contributed by atoms with van der Waals surface area (Å²) < 4.78 is 5.48. The van der Waals surface area contributed by atoms with Gasteiger partial charge in [0.2, 0.25) is 0 Å². The summed E-state index contributed by atoms with van der Waals surface area (Å²) in [6.45, 7) is 2.04. The maximum atomic E-state index is 10.0. The van der Waals surface area contributed by atoms with Crippen LogP contribution in [-0.2, 0) is 0 Å². The molecule has 1 fully saturated rings. The Morgan fingerprint density at radius 3 is 2.78 bits per heavy atom. The number of methoxy groups -OCH3 is 1. The molecule has 1 aliphatic rings. The minimum Gasteiger partial charge on any atom is -0.496 e. The van der Waals surface area contributed by atoms with E-state index in [1.54, 1.807) is 13.3 Å². The topological polar surface area (TPSA) is 58.5 Å². The van der Waals surface area contributed by atoms with E-state index in [-0.39, 0.29) is 12.5 Å². The van der Waals surface area contributed by atoms with Gasteiger partial charge in [0.25, 0.3) is 0 Å². The van der Waals surface area contributed by atoms with E-state index in [4.69, 9.17) is 4.74 Å². The highest BCUT2D eigenvalue weighted by molar-refractivity contribution is 5.81. The van der Waals surface area contributed by atoms with Gasteiger partial charge in [-0.1, -0.05) is 18.2 Å². The van der Waals surface area contributed by atoms with Crippen molar-refractivity contribution < 1.29 is 9.84 Å². The van der Waals surface area contributed by atoms with Gasteiger partial charge in [0, 0.05) is 42.4 Å². The third kappa shape index (κ3) is 3.60. The molecule has 3 aromatic rings. The molecule has 0 amide bonds. The molecule has 3 heterocycles. The van der Waals surface area contributed by atoms with E-state index in [1.807, 2.05) is 36.7 Å². The normalized spacial score (nSPS) is 16.4. The number of nitrogens with zero attached hydrogens (tertiary/aromatic N) is 3. The van der Waals surface area contributed by atoms with Crippen LogP contribution in [0.5, 0.6) is 5.75 Å². The van der Waals surface area contributed by atoms with Gasteiger partial charge in [0.05, 0.1) is 31.1 Å². The van der Waals surface area contributed by atoms with E-state index in [1.165, 1.54) is 11.1 Å². The molecule has 1 unspecified atom stereocenters. The lowest BCUT2D eigenvalue weighted by atomic mass is 9.80. The van der Waals surface area contributed by atoms with Crippen molar-refractivity contribution in [3.8, 4) is 5.75 Å². The first kappa shape index (κ1) is 17.7. The molecule has 0 aliphatic carbocycles. The van der Waals surface area contributed by atoms with Crippen molar-refractivity contribution in [2.75, 3.05) is 31.7 Å². The van der Waals surface area contributed by atoms with E-state index in [0.717, 1.165) is 42.8 Å². The van der Waals surface area contributed by atoms with Crippen LogP contribution in [0, 0.1) is 5.92 Å². The number of rotatable bonds is 5. The fraction of sp³-hybridized carbons (Fsp3) is 0.364. The lowest BCUT2D eigenvalue weighted by Crippen LogP contribution is -2.36. The summed E-state index contributed by atoms with van der Waals surface area (Å²) in [6, 6.07) is 12.3. The van der Waals surface area contributed by atoms with Gasteiger partial charge in [-0.15, -0.1) is 0 Å². The zero-order chi connectivity index (χ0) is 18.6. The second-order valence-electron chi connectivity index (χ2n) is 7.12. The van der Waals surface area contributed by atoms with E-state index in [0.29, 0.717) is 5.92 Å². The molecule has 27 heavy (non-hydrogen) atoms. The van der Waals surface area contributed by atoms with Crippen molar-refractivity contribution in [2.24, 2.45) is 5.92 Å². The second-order valence-corrected chi connectivity index (χ2v) is 7.12. The first-order chi connectivity index (χ1) is 13.3. The summed E-state index contributed by atoms with van der Waals surface area (Å²) in [4.78, 5) is 11.2. The van der Waals surface area contributed by atoms with Gasteiger partial charge < -0.3 is 14.7 Å². The molecule has 0 saturated carbocycles. The van der Waals surface area contributed by atoms with E-state index in [9.17, 15) is 5.11 Å². The van der Waals surface area contributed by atoms with Gasteiger partial charge in [-0.3, -0.25) is 9.97 Å². The van der Waals surface area contributed by atoms with Crippen LogP contribution in [0.4, 0.5) is 5.69 Å². The monoisotopic (exact) mass is 363 g/mol. The Labute approximate surface area is 159 Å². The number of hydrogen-bond donors (Lipinski definition) is 1. The Bertz CT molecular complexity index is 907. The zero-order valence-corrected chi connectivity index (χ0v) is 15.6. The second kappa shape index (κ2) is 7.92. The minimum atomic E-state index is 0.0607. The zero-order valence-electron chi connectivity index (χ0n) is 15.6. The number of piperidine rings is 1. The summed E-state index contributed by atoms with van der Waals surface area (Å²) >= 11 is 0. The van der Waals surface area contributed by atoms with Crippen molar-refractivity contribution in [1.29, 1.82) is 0 Å². The summed E-state index contributed by atoms with van der Waals surface area (Å²) in [5, 5.41) is 11.2. The first-order valence-electron chi connectivity index (χ1n) is 9.48. The molecule has 0 spiro atoms. The number of pyridine rings is 2. The predicted octanol–water partition coefficient (Wildman–Crippen LogP) is 3.63. The minimum absolute atomic E-state index is 0.0607. The SMILES string of the molecule is COc1ccncc1C(CO)C1CCN(c2cnc3ccccc3c2)CC1. The van der Waals surface area contributed by atoms with Gasteiger partial charge >= 0.3 is 0 Å². The molecule has 140 valence electrons. The predicted molar refractivity (Wildman–Crippen MR) is 107 cm³/mol. The first-order valence-corrected chi connectivity index (χ1v) is 9.48. The van der Waals surface area contributed by atoms with Crippen molar-refractivity contribution in [3.63, 3.8) is 0 Å². The number of benzene rings is 1. The van der Waals surface area contributed by atoms with Crippen LogP contribution in [-0.4, -0.2) is 41.9 Å². The Hall–Kier alpha value is -2.66. The molecule has 5 heteroatoms. The summed E-state index contributed by atoms with van der Waals surface area (Å²) in [5.41, 5.74) is 3.21. The molecule has 1 aromatic carbocycles. The fourth-order valence-electron chi connectivity index (χ4n) is 4.15. The maximum Gasteiger partial charge on any atom is 0.125 e. The molecule has 0 bridgehead atoms. The molecular formula is C22H25N3O2. The van der Waals surface area contributed by atoms with Gasteiger partial charge in [-0.25, -0.2) is 0 Å². The molecule has 2 aromatic heterocycles. The van der Waals surface area contributed by atoms with Crippen LogP contribution in [0.2, 0.25) is 0 Å². The third-order valence-corrected chi connectivity index (χ3v) is 5.68. The van der Waals surface area contributed by atoms with Crippen molar-refractivity contribution in [3.05, 3.63) is 60.6 Å². The lowest BCUT2D eigenvalue weighted by molar-refractivity contribution is 0.203. The molecular weight excluding hydrogens is 338 g/mol. The number of hydrogen-bond acceptors (Lipinski definition) is 5.